The maximum absolute atomic E-state index is 4.41. The number of fused-ring (bicyclic) bond motifs is 1. The molecule has 20 heavy (non-hydrogen) atoms. The minimum atomic E-state index is 0.878. The molecule has 0 saturated heterocycles. The van der Waals surface area contributed by atoms with E-state index in [9.17, 15) is 0 Å². The van der Waals surface area contributed by atoms with Crippen molar-refractivity contribution in [1.82, 2.24) is 0 Å². The van der Waals surface area contributed by atoms with Crippen molar-refractivity contribution in [3.8, 4) is 11.1 Å². The van der Waals surface area contributed by atoms with E-state index in [2.05, 4.69) is 48.3 Å². The van der Waals surface area contributed by atoms with Crippen LogP contribution in [0.3, 0.4) is 0 Å². The number of hydrogen-bond donors (Lipinski definition) is 0. The van der Waals surface area contributed by atoms with Gasteiger partial charge >= 0.3 is 0 Å². The zero-order valence-corrected chi connectivity index (χ0v) is 11.7. The molecule has 1 aromatic carbocycles. The first-order chi connectivity index (χ1) is 9.74. The summed E-state index contributed by atoms with van der Waals surface area (Å²) in [6.07, 6.45) is 0. The number of azo groups is 1. The molecular weight excluding hydrogens is 244 g/mol. The van der Waals surface area contributed by atoms with E-state index in [1.165, 1.54) is 16.7 Å². The summed E-state index contributed by atoms with van der Waals surface area (Å²) >= 11 is 0. The summed E-state index contributed by atoms with van der Waals surface area (Å²) in [5.74, 6) is 0. The Bertz CT molecular complexity index is 727. The summed E-state index contributed by atoms with van der Waals surface area (Å²) in [5, 5.41) is 8.73. The zero-order valence-electron chi connectivity index (χ0n) is 11.7. The summed E-state index contributed by atoms with van der Waals surface area (Å²) in [6.45, 7) is 4.17. The highest BCUT2D eigenvalue weighted by atomic mass is 15.1. The SMILES string of the molecule is Cc1ccc(N=Nc2cc(C)c3cccccc2-3)cc1. The smallest absolute Gasteiger partial charge is 0.0938 e. The molecular formula is C18H16N2. The van der Waals surface area contributed by atoms with E-state index in [1.54, 1.807) is 0 Å². The van der Waals surface area contributed by atoms with E-state index >= 15 is 0 Å². The molecule has 0 N–H and O–H groups in total. The van der Waals surface area contributed by atoms with Gasteiger partial charge in [0.2, 0.25) is 0 Å². The Hall–Kier alpha value is -2.48. The van der Waals surface area contributed by atoms with Crippen molar-refractivity contribution in [1.29, 1.82) is 0 Å². The van der Waals surface area contributed by atoms with Gasteiger partial charge in [0.25, 0.3) is 0 Å². The zero-order chi connectivity index (χ0) is 13.9. The molecule has 0 atom stereocenters. The van der Waals surface area contributed by atoms with E-state index in [-0.39, 0.29) is 0 Å². The number of nitrogens with zero attached hydrogens (tertiary/aromatic N) is 2. The molecule has 0 radical (unpaired) electrons. The third-order valence-corrected chi connectivity index (χ3v) is 3.40. The summed E-state index contributed by atoms with van der Waals surface area (Å²) in [6, 6.07) is 20.5. The van der Waals surface area contributed by atoms with Crippen LogP contribution < -0.4 is 0 Å². The van der Waals surface area contributed by atoms with Crippen LogP contribution >= 0.6 is 0 Å². The van der Waals surface area contributed by atoms with Crippen molar-refractivity contribution in [3.05, 3.63) is 71.8 Å². The highest BCUT2D eigenvalue weighted by Gasteiger charge is 2.11. The molecule has 0 amide bonds. The summed E-state index contributed by atoms with van der Waals surface area (Å²) in [5.41, 5.74) is 6.63. The Morgan fingerprint density at radius 1 is 0.700 bits per heavy atom. The molecule has 3 rings (SSSR count). The molecule has 1 aromatic rings. The van der Waals surface area contributed by atoms with Crippen molar-refractivity contribution < 1.29 is 0 Å². The van der Waals surface area contributed by atoms with E-state index in [1.807, 2.05) is 36.4 Å². The average molecular weight is 260 g/mol. The molecule has 0 aliphatic heterocycles. The molecule has 0 bridgehead atoms. The summed E-state index contributed by atoms with van der Waals surface area (Å²) in [4.78, 5) is 0. The van der Waals surface area contributed by atoms with Crippen LogP contribution in [-0.2, 0) is 0 Å². The minimum absolute atomic E-state index is 0.878. The lowest BCUT2D eigenvalue weighted by atomic mass is 10.1. The van der Waals surface area contributed by atoms with Gasteiger partial charge in [-0.25, -0.2) is 0 Å². The maximum Gasteiger partial charge on any atom is 0.0938 e. The third-order valence-electron chi connectivity index (χ3n) is 3.40. The van der Waals surface area contributed by atoms with Crippen molar-refractivity contribution in [3.63, 3.8) is 0 Å². The van der Waals surface area contributed by atoms with Crippen LogP contribution in [0, 0.1) is 13.8 Å². The normalized spacial score (nSPS) is 11.3. The Kier molecular flexibility index (Phi) is 3.30. The van der Waals surface area contributed by atoms with E-state index in [0.29, 0.717) is 0 Å². The van der Waals surface area contributed by atoms with Crippen LogP contribution in [0.4, 0.5) is 11.4 Å². The fourth-order valence-corrected chi connectivity index (χ4v) is 2.28. The number of hydrogen-bond acceptors (Lipinski definition) is 2. The van der Waals surface area contributed by atoms with Gasteiger partial charge in [-0.3, -0.25) is 0 Å². The van der Waals surface area contributed by atoms with Gasteiger partial charge < -0.3 is 0 Å². The van der Waals surface area contributed by atoms with Crippen LogP contribution in [0.15, 0.2) is 70.9 Å². The molecule has 0 saturated carbocycles. The van der Waals surface area contributed by atoms with Crippen LogP contribution in [-0.4, -0.2) is 0 Å². The molecule has 2 aliphatic rings. The highest BCUT2D eigenvalue weighted by molar-refractivity contribution is 5.82. The number of rotatable bonds is 2. The monoisotopic (exact) mass is 260 g/mol. The van der Waals surface area contributed by atoms with E-state index in [4.69, 9.17) is 0 Å². The van der Waals surface area contributed by atoms with Crippen LogP contribution in [0.1, 0.15) is 11.1 Å². The van der Waals surface area contributed by atoms with Crippen LogP contribution in [0.25, 0.3) is 11.1 Å². The van der Waals surface area contributed by atoms with Gasteiger partial charge in [0.15, 0.2) is 0 Å². The van der Waals surface area contributed by atoms with Gasteiger partial charge in [-0.2, -0.15) is 5.11 Å². The lowest BCUT2D eigenvalue weighted by molar-refractivity contribution is 1.23. The van der Waals surface area contributed by atoms with Crippen molar-refractivity contribution in [2.45, 2.75) is 13.8 Å². The highest BCUT2D eigenvalue weighted by Crippen LogP contribution is 2.37. The maximum atomic E-state index is 4.41. The van der Waals surface area contributed by atoms with Gasteiger partial charge in [-0.05, 0) is 43.2 Å². The first-order valence-corrected chi connectivity index (χ1v) is 6.71. The number of benzene rings is 1. The minimum Gasteiger partial charge on any atom is -0.151 e. The van der Waals surface area contributed by atoms with Gasteiger partial charge in [-0.15, -0.1) is 5.11 Å². The molecule has 0 unspecified atom stereocenters. The van der Waals surface area contributed by atoms with Crippen molar-refractivity contribution >= 4 is 11.4 Å². The third kappa shape index (κ3) is 2.45. The molecule has 0 fully saturated rings. The Balaban J connectivity index is 1.98. The van der Waals surface area contributed by atoms with Crippen LogP contribution in [0.5, 0.6) is 0 Å². The summed E-state index contributed by atoms with van der Waals surface area (Å²) in [7, 11) is 0. The van der Waals surface area contributed by atoms with Gasteiger partial charge in [0.1, 0.15) is 0 Å². The fraction of sp³-hybridized carbons (Fsp3) is 0.111. The quantitative estimate of drug-likeness (QED) is 0.518. The van der Waals surface area contributed by atoms with Crippen molar-refractivity contribution in [2.24, 2.45) is 10.2 Å². The second kappa shape index (κ2) is 5.25. The molecule has 98 valence electrons. The predicted octanol–water partition coefficient (Wildman–Crippen LogP) is 5.82. The van der Waals surface area contributed by atoms with Gasteiger partial charge in [-0.1, -0.05) is 48.0 Å². The van der Waals surface area contributed by atoms with Gasteiger partial charge in [0, 0.05) is 5.56 Å². The lowest BCUT2D eigenvalue weighted by Crippen LogP contribution is -1.69. The summed E-state index contributed by atoms with van der Waals surface area (Å²) < 4.78 is 0. The molecule has 2 aliphatic carbocycles. The first-order valence-electron chi connectivity index (χ1n) is 6.71. The van der Waals surface area contributed by atoms with E-state index < -0.39 is 0 Å². The molecule has 2 nitrogen and oxygen atoms in total. The predicted molar refractivity (Wildman–Crippen MR) is 83.2 cm³/mol. The Morgan fingerprint density at radius 3 is 2.15 bits per heavy atom. The number of aryl methyl sites for hydroxylation is 2. The van der Waals surface area contributed by atoms with Gasteiger partial charge in [0.05, 0.1) is 11.4 Å². The second-order valence-electron chi connectivity index (χ2n) is 4.99. The molecule has 0 heterocycles. The average Bonchev–Trinajstić information content (AvgIpc) is 2.65. The lowest BCUT2D eigenvalue weighted by Gasteiger charge is -1.96. The second-order valence-corrected chi connectivity index (χ2v) is 4.99. The Morgan fingerprint density at radius 2 is 1.40 bits per heavy atom. The van der Waals surface area contributed by atoms with Crippen molar-refractivity contribution in [2.75, 3.05) is 0 Å². The fourth-order valence-electron chi connectivity index (χ4n) is 2.28. The first kappa shape index (κ1) is 12.5. The molecule has 0 aromatic heterocycles. The largest absolute Gasteiger partial charge is 0.151 e. The molecule has 2 heteroatoms. The molecule has 0 spiro atoms. The van der Waals surface area contributed by atoms with E-state index in [0.717, 1.165) is 16.9 Å². The van der Waals surface area contributed by atoms with Crippen LogP contribution in [0.2, 0.25) is 0 Å². The Labute approximate surface area is 119 Å². The standard InChI is InChI=1S/C18H16N2/c1-13-8-10-15(11-9-13)19-20-18-12-14(2)16-6-4-3-5-7-17(16)18/h3-12H,1-2H3. The topological polar surface area (TPSA) is 24.7 Å².